The molecular weight excluding hydrogens is 253 g/mol. The number of hydrogen-bond acceptors (Lipinski definition) is 3. The molecule has 0 spiro atoms. The van der Waals surface area contributed by atoms with Crippen LogP contribution in [0.3, 0.4) is 0 Å². The predicted molar refractivity (Wildman–Crippen MR) is 80.7 cm³/mol. The Morgan fingerprint density at radius 2 is 1.85 bits per heavy atom. The average Bonchev–Trinajstić information content (AvgIpc) is 2.49. The molecule has 0 radical (unpaired) electrons. The molecule has 2 heterocycles. The fourth-order valence-electron chi connectivity index (χ4n) is 3.33. The van der Waals surface area contributed by atoms with Gasteiger partial charge in [-0.25, -0.2) is 4.39 Å². The van der Waals surface area contributed by atoms with Crippen molar-refractivity contribution in [2.45, 2.75) is 31.8 Å². The molecule has 2 aliphatic rings. The molecule has 110 valence electrons. The van der Waals surface area contributed by atoms with Gasteiger partial charge in [0.2, 0.25) is 0 Å². The first kappa shape index (κ1) is 13.8. The number of rotatable bonds is 2. The maximum Gasteiger partial charge on any atom is 0.146 e. The Kier molecular flexibility index (Phi) is 4.22. The molecule has 2 saturated heterocycles. The molecule has 0 aliphatic carbocycles. The summed E-state index contributed by atoms with van der Waals surface area (Å²) >= 11 is 0. The Morgan fingerprint density at radius 3 is 2.50 bits per heavy atom. The van der Waals surface area contributed by atoms with Gasteiger partial charge in [-0.1, -0.05) is 12.1 Å². The van der Waals surface area contributed by atoms with Crippen LogP contribution in [0.4, 0.5) is 10.1 Å². The predicted octanol–water partition coefficient (Wildman–Crippen LogP) is 2.09. The first-order chi connectivity index (χ1) is 9.74. The number of piperazine rings is 1. The minimum Gasteiger partial charge on any atom is -0.367 e. The van der Waals surface area contributed by atoms with Gasteiger partial charge in [0.05, 0.1) is 5.69 Å². The van der Waals surface area contributed by atoms with Crippen LogP contribution < -0.4 is 10.2 Å². The van der Waals surface area contributed by atoms with Gasteiger partial charge in [0.1, 0.15) is 5.82 Å². The summed E-state index contributed by atoms with van der Waals surface area (Å²) in [4.78, 5) is 4.74. The van der Waals surface area contributed by atoms with Crippen molar-refractivity contribution in [1.82, 2.24) is 10.2 Å². The van der Waals surface area contributed by atoms with Gasteiger partial charge in [0.25, 0.3) is 0 Å². The van der Waals surface area contributed by atoms with Crippen molar-refractivity contribution in [2.75, 3.05) is 37.6 Å². The summed E-state index contributed by atoms with van der Waals surface area (Å²) in [5, 5.41) is 3.57. The molecule has 1 aromatic carbocycles. The molecule has 3 rings (SSSR count). The lowest BCUT2D eigenvalue weighted by Gasteiger charge is -2.42. The van der Waals surface area contributed by atoms with E-state index in [1.165, 1.54) is 12.8 Å². The standard InChI is InChI=1S/C16H24FN3/c1-13-6-7-14(12-18-13)19-8-10-20(11-9-19)16-5-3-2-4-15(16)17/h2-5,13-14,18H,6-12H2,1H3. The van der Waals surface area contributed by atoms with Gasteiger partial charge in [0.15, 0.2) is 0 Å². The van der Waals surface area contributed by atoms with Crippen LogP contribution in [0.15, 0.2) is 24.3 Å². The molecule has 2 fully saturated rings. The Hall–Kier alpha value is -1.13. The third-order valence-electron chi connectivity index (χ3n) is 4.66. The van der Waals surface area contributed by atoms with Gasteiger partial charge in [-0.05, 0) is 31.9 Å². The summed E-state index contributed by atoms with van der Waals surface area (Å²) < 4.78 is 13.8. The lowest BCUT2D eigenvalue weighted by atomic mass is 10.00. The number of piperidine rings is 1. The van der Waals surface area contributed by atoms with Gasteiger partial charge >= 0.3 is 0 Å². The summed E-state index contributed by atoms with van der Waals surface area (Å²) in [5.41, 5.74) is 0.752. The van der Waals surface area contributed by atoms with Crippen molar-refractivity contribution < 1.29 is 4.39 Å². The number of nitrogens with zero attached hydrogens (tertiary/aromatic N) is 2. The number of benzene rings is 1. The van der Waals surface area contributed by atoms with Crippen LogP contribution in [0, 0.1) is 5.82 Å². The van der Waals surface area contributed by atoms with E-state index in [4.69, 9.17) is 0 Å². The second kappa shape index (κ2) is 6.10. The summed E-state index contributed by atoms with van der Waals surface area (Å²) in [6, 6.07) is 8.42. The Morgan fingerprint density at radius 1 is 1.10 bits per heavy atom. The summed E-state index contributed by atoms with van der Waals surface area (Å²) in [5.74, 6) is -0.103. The fraction of sp³-hybridized carbons (Fsp3) is 0.625. The highest BCUT2D eigenvalue weighted by Gasteiger charge is 2.27. The van der Waals surface area contributed by atoms with Crippen molar-refractivity contribution in [2.24, 2.45) is 0 Å². The number of anilines is 1. The molecule has 2 atom stereocenters. The molecule has 3 nitrogen and oxygen atoms in total. The highest BCUT2D eigenvalue weighted by Crippen LogP contribution is 2.22. The van der Waals surface area contributed by atoms with Crippen LogP contribution in [0.1, 0.15) is 19.8 Å². The minimum atomic E-state index is -0.103. The van der Waals surface area contributed by atoms with E-state index < -0.39 is 0 Å². The molecule has 0 amide bonds. The van der Waals surface area contributed by atoms with E-state index in [-0.39, 0.29) is 5.82 Å². The molecule has 0 aromatic heterocycles. The van der Waals surface area contributed by atoms with Gasteiger partial charge in [-0.3, -0.25) is 4.90 Å². The van der Waals surface area contributed by atoms with Crippen molar-refractivity contribution in [3.8, 4) is 0 Å². The molecule has 0 saturated carbocycles. The van der Waals surface area contributed by atoms with E-state index in [2.05, 4.69) is 22.0 Å². The second-order valence-electron chi connectivity index (χ2n) is 6.01. The van der Waals surface area contributed by atoms with Gasteiger partial charge in [0, 0.05) is 44.8 Å². The molecular formula is C16H24FN3. The molecule has 2 aliphatic heterocycles. The summed E-state index contributed by atoms with van der Waals surface area (Å²) in [6.45, 7) is 7.28. The van der Waals surface area contributed by atoms with E-state index in [0.717, 1.165) is 38.4 Å². The number of nitrogens with one attached hydrogen (secondary N) is 1. The quantitative estimate of drug-likeness (QED) is 0.893. The zero-order chi connectivity index (χ0) is 13.9. The maximum absolute atomic E-state index is 13.8. The summed E-state index contributed by atoms with van der Waals surface area (Å²) in [6.07, 6.45) is 2.55. The highest BCUT2D eigenvalue weighted by atomic mass is 19.1. The van der Waals surface area contributed by atoms with E-state index in [9.17, 15) is 4.39 Å². The van der Waals surface area contributed by atoms with E-state index in [1.54, 1.807) is 12.1 Å². The average molecular weight is 277 g/mol. The molecule has 20 heavy (non-hydrogen) atoms. The topological polar surface area (TPSA) is 18.5 Å². The Balaban J connectivity index is 1.56. The summed E-state index contributed by atoms with van der Waals surface area (Å²) in [7, 11) is 0. The van der Waals surface area contributed by atoms with E-state index >= 15 is 0 Å². The third kappa shape index (κ3) is 2.96. The Labute approximate surface area is 120 Å². The van der Waals surface area contributed by atoms with E-state index in [1.807, 2.05) is 12.1 Å². The normalized spacial score (nSPS) is 28.6. The number of para-hydroxylation sites is 1. The van der Waals surface area contributed by atoms with Crippen LogP contribution in [0.5, 0.6) is 0 Å². The lowest BCUT2D eigenvalue weighted by molar-refractivity contribution is 0.146. The number of halogens is 1. The minimum absolute atomic E-state index is 0.103. The van der Waals surface area contributed by atoms with Crippen LogP contribution in [0.25, 0.3) is 0 Å². The first-order valence-electron chi connectivity index (χ1n) is 7.71. The molecule has 4 heteroatoms. The molecule has 0 bridgehead atoms. The van der Waals surface area contributed by atoms with E-state index in [0.29, 0.717) is 12.1 Å². The van der Waals surface area contributed by atoms with Crippen molar-refractivity contribution in [3.63, 3.8) is 0 Å². The molecule has 1 N–H and O–H groups in total. The van der Waals surface area contributed by atoms with Crippen molar-refractivity contribution in [1.29, 1.82) is 0 Å². The van der Waals surface area contributed by atoms with Crippen molar-refractivity contribution >= 4 is 5.69 Å². The largest absolute Gasteiger partial charge is 0.367 e. The van der Waals surface area contributed by atoms with Crippen LogP contribution in [-0.2, 0) is 0 Å². The van der Waals surface area contributed by atoms with Gasteiger partial charge in [-0.2, -0.15) is 0 Å². The van der Waals surface area contributed by atoms with Crippen LogP contribution in [0.2, 0.25) is 0 Å². The lowest BCUT2D eigenvalue weighted by Crippen LogP contribution is -2.55. The molecule has 1 aromatic rings. The second-order valence-corrected chi connectivity index (χ2v) is 6.01. The van der Waals surface area contributed by atoms with Gasteiger partial charge in [-0.15, -0.1) is 0 Å². The highest BCUT2D eigenvalue weighted by molar-refractivity contribution is 5.48. The maximum atomic E-state index is 13.8. The smallest absolute Gasteiger partial charge is 0.146 e. The number of hydrogen-bond donors (Lipinski definition) is 1. The van der Waals surface area contributed by atoms with Crippen LogP contribution in [-0.4, -0.2) is 49.7 Å². The SMILES string of the molecule is CC1CCC(N2CCN(c3ccccc3F)CC2)CN1. The van der Waals surface area contributed by atoms with Crippen LogP contribution >= 0.6 is 0 Å². The fourth-order valence-corrected chi connectivity index (χ4v) is 3.33. The first-order valence-corrected chi connectivity index (χ1v) is 7.71. The van der Waals surface area contributed by atoms with Crippen molar-refractivity contribution in [3.05, 3.63) is 30.1 Å². The zero-order valence-electron chi connectivity index (χ0n) is 12.2. The van der Waals surface area contributed by atoms with Gasteiger partial charge < -0.3 is 10.2 Å². The third-order valence-corrected chi connectivity index (χ3v) is 4.66. The zero-order valence-corrected chi connectivity index (χ0v) is 12.2. The monoisotopic (exact) mass is 277 g/mol. The molecule has 2 unspecified atom stereocenters. The Bertz CT molecular complexity index is 435.